The van der Waals surface area contributed by atoms with Gasteiger partial charge in [0.1, 0.15) is 6.04 Å². The Morgan fingerprint density at radius 2 is 1.96 bits per heavy atom. The number of non-ortho nitro benzene ring substituents is 1. The molecule has 1 rings (SSSR count). The SMILES string of the molecule is Cc1ccc([N+](=O)[O-])cc1N([C@H](C)C(=O)NCCSC(C)(C)C)S(C)(=O)=O. The van der Waals surface area contributed by atoms with Crippen molar-refractivity contribution in [3.05, 3.63) is 33.9 Å². The van der Waals surface area contributed by atoms with Gasteiger partial charge in [0.25, 0.3) is 5.69 Å². The molecule has 0 aliphatic heterocycles. The number of aryl methyl sites for hydroxylation is 1. The summed E-state index contributed by atoms with van der Waals surface area (Å²) in [5.74, 6) is 0.234. The van der Waals surface area contributed by atoms with Crippen LogP contribution < -0.4 is 9.62 Å². The number of hydrogen-bond acceptors (Lipinski definition) is 6. The van der Waals surface area contributed by atoms with Gasteiger partial charge in [-0.3, -0.25) is 19.2 Å². The molecule has 0 aromatic heterocycles. The molecule has 1 aromatic rings. The maximum Gasteiger partial charge on any atom is 0.271 e. The smallest absolute Gasteiger partial charge is 0.271 e. The van der Waals surface area contributed by atoms with Crippen LogP contribution in [0.15, 0.2) is 18.2 Å². The zero-order valence-electron chi connectivity index (χ0n) is 16.5. The summed E-state index contributed by atoms with van der Waals surface area (Å²) in [6.07, 6.45) is 0.977. The number of nitrogens with one attached hydrogen (secondary N) is 1. The van der Waals surface area contributed by atoms with Crippen molar-refractivity contribution < 1.29 is 18.1 Å². The van der Waals surface area contributed by atoms with Crippen LogP contribution in [0.1, 0.15) is 33.3 Å². The molecule has 1 aromatic carbocycles. The predicted octanol–water partition coefficient (Wildman–Crippen LogP) is 2.71. The van der Waals surface area contributed by atoms with Gasteiger partial charge in [-0.25, -0.2) is 8.42 Å². The molecule has 0 bridgehead atoms. The molecule has 0 aliphatic carbocycles. The molecule has 1 N–H and O–H groups in total. The molecule has 0 fully saturated rings. The minimum atomic E-state index is -3.84. The summed E-state index contributed by atoms with van der Waals surface area (Å²) < 4.78 is 25.7. The van der Waals surface area contributed by atoms with Gasteiger partial charge < -0.3 is 5.32 Å². The minimum Gasteiger partial charge on any atom is -0.353 e. The van der Waals surface area contributed by atoms with E-state index >= 15 is 0 Å². The highest BCUT2D eigenvalue weighted by atomic mass is 32.2. The Bertz CT molecular complexity index is 803. The number of nitrogens with zero attached hydrogens (tertiary/aromatic N) is 2. The highest BCUT2D eigenvalue weighted by Crippen LogP contribution is 2.29. The zero-order valence-corrected chi connectivity index (χ0v) is 18.1. The van der Waals surface area contributed by atoms with E-state index in [1.807, 2.05) is 0 Å². The van der Waals surface area contributed by atoms with Gasteiger partial charge in [0.2, 0.25) is 15.9 Å². The Morgan fingerprint density at radius 1 is 1.37 bits per heavy atom. The van der Waals surface area contributed by atoms with Gasteiger partial charge in [0.15, 0.2) is 0 Å². The molecule has 1 atom stereocenters. The van der Waals surface area contributed by atoms with Crippen molar-refractivity contribution >= 4 is 39.1 Å². The fraction of sp³-hybridized carbons (Fsp3) is 0.588. The average molecular weight is 418 g/mol. The lowest BCUT2D eigenvalue weighted by Gasteiger charge is -2.29. The topological polar surface area (TPSA) is 110 Å². The number of anilines is 1. The third-order valence-corrected chi connectivity index (χ3v) is 6.17. The quantitative estimate of drug-likeness (QED) is 0.396. The van der Waals surface area contributed by atoms with E-state index in [4.69, 9.17) is 0 Å². The number of rotatable bonds is 8. The zero-order chi connectivity index (χ0) is 21.0. The van der Waals surface area contributed by atoms with Gasteiger partial charge in [0, 0.05) is 29.2 Å². The molecule has 8 nitrogen and oxygen atoms in total. The third-order valence-electron chi connectivity index (χ3n) is 3.67. The number of hydrogen-bond donors (Lipinski definition) is 1. The number of carbonyl (C=O) groups is 1. The fourth-order valence-electron chi connectivity index (χ4n) is 2.41. The lowest BCUT2D eigenvalue weighted by atomic mass is 10.1. The van der Waals surface area contributed by atoms with Crippen LogP contribution in [0.2, 0.25) is 0 Å². The number of benzene rings is 1. The fourth-order valence-corrected chi connectivity index (χ4v) is 4.45. The van der Waals surface area contributed by atoms with Crippen LogP contribution in [0, 0.1) is 17.0 Å². The van der Waals surface area contributed by atoms with Gasteiger partial charge >= 0.3 is 0 Å². The summed E-state index contributed by atoms with van der Waals surface area (Å²) in [7, 11) is -3.84. The first-order valence-corrected chi connectivity index (χ1v) is 11.2. The maximum absolute atomic E-state index is 12.5. The Morgan fingerprint density at radius 3 is 2.44 bits per heavy atom. The standard InChI is InChI=1S/C17H27N3O5S2/c1-12-7-8-14(20(22)23)11-15(12)19(27(6,24)25)13(2)16(21)18-9-10-26-17(3,4)5/h7-8,11,13H,9-10H2,1-6H3,(H,18,21)/t13-/m1/s1. The molecule has 10 heteroatoms. The molecule has 1 amide bonds. The Labute approximate surface area is 164 Å². The number of thioether (sulfide) groups is 1. The van der Waals surface area contributed by atoms with Crippen LogP contribution >= 0.6 is 11.8 Å². The van der Waals surface area contributed by atoms with Crippen molar-refractivity contribution in [1.29, 1.82) is 0 Å². The van der Waals surface area contributed by atoms with Gasteiger partial charge in [0.05, 0.1) is 16.9 Å². The molecule has 0 heterocycles. The summed E-state index contributed by atoms with van der Waals surface area (Å²) in [6.45, 7) is 9.71. The van der Waals surface area contributed by atoms with Gasteiger partial charge in [-0.15, -0.1) is 0 Å². The third kappa shape index (κ3) is 7.02. The van der Waals surface area contributed by atoms with E-state index in [0.29, 0.717) is 17.9 Å². The van der Waals surface area contributed by atoms with E-state index in [-0.39, 0.29) is 16.1 Å². The molecule has 0 saturated carbocycles. The van der Waals surface area contributed by atoms with E-state index in [0.717, 1.165) is 10.6 Å². The van der Waals surface area contributed by atoms with E-state index in [9.17, 15) is 23.3 Å². The number of nitro groups is 1. The van der Waals surface area contributed by atoms with Crippen LogP contribution in [0.3, 0.4) is 0 Å². The lowest BCUT2D eigenvalue weighted by Crippen LogP contribution is -2.48. The van der Waals surface area contributed by atoms with E-state index in [1.54, 1.807) is 18.7 Å². The Kier molecular flexibility index (Phi) is 7.67. The van der Waals surface area contributed by atoms with Crippen molar-refractivity contribution in [2.75, 3.05) is 22.9 Å². The first-order chi connectivity index (χ1) is 12.2. The molecular weight excluding hydrogens is 390 g/mol. The molecule has 0 aliphatic rings. The predicted molar refractivity (Wildman–Crippen MR) is 110 cm³/mol. The molecule has 27 heavy (non-hydrogen) atoms. The van der Waals surface area contributed by atoms with Gasteiger partial charge in [-0.2, -0.15) is 11.8 Å². The molecular formula is C17H27N3O5S2. The average Bonchev–Trinajstić information content (AvgIpc) is 2.50. The summed E-state index contributed by atoms with van der Waals surface area (Å²) in [5.41, 5.74) is 0.408. The largest absolute Gasteiger partial charge is 0.353 e. The highest BCUT2D eigenvalue weighted by Gasteiger charge is 2.31. The highest BCUT2D eigenvalue weighted by molar-refractivity contribution is 8.00. The molecule has 0 unspecified atom stereocenters. The van der Waals surface area contributed by atoms with Crippen LogP contribution in [0.4, 0.5) is 11.4 Å². The number of sulfonamides is 1. The van der Waals surface area contributed by atoms with Crippen molar-refractivity contribution in [1.82, 2.24) is 5.32 Å². The summed E-state index contributed by atoms with van der Waals surface area (Å²) in [5, 5.41) is 13.8. The second-order valence-electron chi connectivity index (χ2n) is 7.21. The number of amides is 1. The minimum absolute atomic E-state index is 0.0647. The van der Waals surface area contributed by atoms with Crippen molar-refractivity contribution in [2.24, 2.45) is 0 Å². The number of nitro benzene ring substituents is 1. The first-order valence-electron chi connectivity index (χ1n) is 8.40. The summed E-state index contributed by atoms with van der Waals surface area (Å²) in [4.78, 5) is 23.0. The summed E-state index contributed by atoms with van der Waals surface area (Å²) in [6, 6.07) is 2.90. The molecule has 0 spiro atoms. The normalized spacial score (nSPS) is 13.1. The second-order valence-corrected chi connectivity index (χ2v) is 11.0. The first kappa shape index (κ1) is 23.2. The van der Waals surface area contributed by atoms with E-state index < -0.39 is 26.9 Å². The molecule has 0 saturated heterocycles. The molecule has 152 valence electrons. The van der Waals surface area contributed by atoms with Crippen LogP contribution in [0.5, 0.6) is 0 Å². The van der Waals surface area contributed by atoms with Crippen molar-refractivity contribution in [3.63, 3.8) is 0 Å². The lowest BCUT2D eigenvalue weighted by molar-refractivity contribution is -0.384. The Balaban J connectivity index is 3.06. The van der Waals surface area contributed by atoms with Crippen LogP contribution in [-0.2, 0) is 14.8 Å². The summed E-state index contributed by atoms with van der Waals surface area (Å²) >= 11 is 1.68. The van der Waals surface area contributed by atoms with Crippen LogP contribution in [0.25, 0.3) is 0 Å². The van der Waals surface area contributed by atoms with E-state index in [2.05, 4.69) is 26.1 Å². The maximum atomic E-state index is 12.5. The van der Waals surface area contributed by atoms with Crippen molar-refractivity contribution in [3.8, 4) is 0 Å². The van der Waals surface area contributed by atoms with E-state index in [1.165, 1.54) is 25.1 Å². The monoisotopic (exact) mass is 417 g/mol. The van der Waals surface area contributed by atoms with Gasteiger partial charge in [-0.1, -0.05) is 26.8 Å². The Hall–Kier alpha value is -1.81. The number of carbonyl (C=O) groups excluding carboxylic acids is 1. The molecule has 0 radical (unpaired) electrons. The van der Waals surface area contributed by atoms with Crippen molar-refractivity contribution in [2.45, 2.75) is 45.4 Å². The van der Waals surface area contributed by atoms with Gasteiger partial charge in [-0.05, 0) is 19.4 Å². The second kappa shape index (κ2) is 8.92. The van der Waals surface area contributed by atoms with Crippen LogP contribution in [-0.4, -0.2) is 48.6 Å².